The summed E-state index contributed by atoms with van der Waals surface area (Å²) in [5.74, 6) is -1.11. The summed E-state index contributed by atoms with van der Waals surface area (Å²) in [5.41, 5.74) is 0. The second kappa shape index (κ2) is 8.10. The average Bonchev–Trinajstić information content (AvgIpc) is 2.32. The third kappa shape index (κ3) is 7.16. The van der Waals surface area contributed by atoms with Crippen LogP contribution in [0.4, 0.5) is 13.2 Å². The van der Waals surface area contributed by atoms with Crippen LogP contribution < -0.4 is 5.32 Å². The Hall–Kier alpha value is -0.290. The number of ether oxygens (including phenoxy) is 1. The third-order valence-corrected chi connectivity index (χ3v) is 3.59. The van der Waals surface area contributed by atoms with Crippen LogP contribution >= 0.6 is 0 Å². The smallest absolute Gasteiger partial charge is 0.379 e. The van der Waals surface area contributed by atoms with E-state index in [4.69, 9.17) is 4.74 Å². The van der Waals surface area contributed by atoms with Gasteiger partial charge in [-0.15, -0.1) is 0 Å². The number of halogens is 3. The number of nitrogens with one attached hydrogen (secondary N) is 1. The highest BCUT2D eigenvalue weighted by Gasteiger charge is 2.41. The minimum atomic E-state index is -4.02. The van der Waals surface area contributed by atoms with Gasteiger partial charge in [0.25, 0.3) is 0 Å². The summed E-state index contributed by atoms with van der Waals surface area (Å²) in [7, 11) is 0. The first-order valence-electron chi connectivity index (χ1n) is 7.31. The van der Waals surface area contributed by atoms with Crippen LogP contribution in [0.5, 0.6) is 0 Å². The Labute approximate surface area is 114 Å². The van der Waals surface area contributed by atoms with Crippen molar-refractivity contribution in [3.8, 4) is 0 Å². The van der Waals surface area contributed by atoms with Crippen molar-refractivity contribution in [3.05, 3.63) is 0 Å². The molecule has 5 heteroatoms. The molecular weight excluding hydrogens is 255 g/mol. The normalized spacial score (nSPS) is 24.9. The zero-order valence-electron chi connectivity index (χ0n) is 11.9. The summed E-state index contributed by atoms with van der Waals surface area (Å²) in [4.78, 5) is 0. The van der Waals surface area contributed by atoms with Crippen LogP contribution in [-0.4, -0.2) is 31.5 Å². The van der Waals surface area contributed by atoms with Crippen LogP contribution in [0.3, 0.4) is 0 Å². The molecule has 2 atom stereocenters. The molecule has 1 saturated carbocycles. The quantitative estimate of drug-likeness (QED) is 0.715. The Morgan fingerprint density at radius 3 is 2.58 bits per heavy atom. The van der Waals surface area contributed by atoms with E-state index in [9.17, 15) is 13.2 Å². The van der Waals surface area contributed by atoms with Gasteiger partial charge < -0.3 is 10.1 Å². The molecule has 2 nitrogen and oxygen atoms in total. The molecule has 0 aromatic rings. The van der Waals surface area contributed by atoms with Crippen molar-refractivity contribution >= 4 is 0 Å². The molecule has 1 aliphatic carbocycles. The van der Waals surface area contributed by atoms with Crippen molar-refractivity contribution in [2.45, 2.75) is 70.7 Å². The van der Waals surface area contributed by atoms with Crippen molar-refractivity contribution in [1.82, 2.24) is 5.32 Å². The predicted molar refractivity (Wildman–Crippen MR) is 70.1 cm³/mol. The number of hydrogen-bond donors (Lipinski definition) is 1. The van der Waals surface area contributed by atoms with E-state index in [1.165, 1.54) is 0 Å². The molecule has 0 amide bonds. The summed E-state index contributed by atoms with van der Waals surface area (Å²) in [5, 5.41) is 3.26. The number of unbranched alkanes of at least 4 members (excludes halogenated alkanes) is 1. The first-order valence-corrected chi connectivity index (χ1v) is 7.31. The Bertz CT molecular complexity index is 243. The fourth-order valence-electron chi connectivity index (χ4n) is 2.52. The van der Waals surface area contributed by atoms with Gasteiger partial charge in [-0.2, -0.15) is 13.2 Å². The molecule has 1 N–H and O–H groups in total. The lowest BCUT2D eigenvalue weighted by atomic mass is 9.85. The van der Waals surface area contributed by atoms with Gasteiger partial charge in [0.1, 0.15) is 0 Å². The van der Waals surface area contributed by atoms with Crippen LogP contribution in [0.15, 0.2) is 0 Å². The highest BCUT2D eigenvalue weighted by atomic mass is 19.4. The van der Waals surface area contributed by atoms with Crippen LogP contribution in [0.1, 0.15) is 52.4 Å². The van der Waals surface area contributed by atoms with Crippen LogP contribution in [0.2, 0.25) is 0 Å². The zero-order valence-corrected chi connectivity index (χ0v) is 11.9. The molecule has 0 aromatic carbocycles. The first-order chi connectivity index (χ1) is 8.89. The molecular formula is C14H26F3NO. The van der Waals surface area contributed by atoms with Crippen molar-refractivity contribution in [1.29, 1.82) is 0 Å². The molecule has 0 saturated heterocycles. The molecule has 1 aliphatic rings. The molecule has 2 unspecified atom stereocenters. The van der Waals surface area contributed by atoms with E-state index in [0.29, 0.717) is 12.8 Å². The van der Waals surface area contributed by atoms with Crippen molar-refractivity contribution in [2.24, 2.45) is 5.92 Å². The van der Waals surface area contributed by atoms with Crippen molar-refractivity contribution in [3.63, 3.8) is 0 Å². The maximum absolute atomic E-state index is 12.6. The van der Waals surface area contributed by atoms with E-state index >= 15 is 0 Å². The summed E-state index contributed by atoms with van der Waals surface area (Å²) in [6, 6.07) is 0.0337. The van der Waals surface area contributed by atoms with E-state index in [-0.39, 0.29) is 18.6 Å². The minimum Gasteiger partial charge on any atom is -0.379 e. The average molecular weight is 281 g/mol. The topological polar surface area (TPSA) is 21.3 Å². The molecule has 1 fully saturated rings. The van der Waals surface area contributed by atoms with E-state index < -0.39 is 12.1 Å². The Balaban J connectivity index is 2.09. The van der Waals surface area contributed by atoms with Gasteiger partial charge in [0, 0.05) is 12.6 Å². The van der Waals surface area contributed by atoms with Crippen molar-refractivity contribution < 1.29 is 17.9 Å². The lowest BCUT2D eigenvalue weighted by Crippen LogP contribution is -2.39. The predicted octanol–water partition coefficient (Wildman–Crippen LogP) is 3.90. The first kappa shape index (κ1) is 16.8. The van der Waals surface area contributed by atoms with Gasteiger partial charge in [0.2, 0.25) is 0 Å². The maximum Gasteiger partial charge on any atom is 0.391 e. The Morgan fingerprint density at radius 1 is 1.21 bits per heavy atom. The summed E-state index contributed by atoms with van der Waals surface area (Å²) >= 11 is 0. The molecule has 0 radical (unpaired) electrons. The zero-order chi connectivity index (χ0) is 14.3. The largest absolute Gasteiger partial charge is 0.391 e. The van der Waals surface area contributed by atoms with Gasteiger partial charge in [-0.05, 0) is 52.5 Å². The molecule has 114 valence electrons. The molecule has 0 aromatic heterocycles. The van der Waals surface area contributed by atoms with E-state index in [2.05, 4.69) is 5.32 Å². The number of hydrogen-bond acceptors (Lipinski definition) is 2. The van der Waals surface area contributed by atoms with Gasteiger partial charge in [0.15, 0.2) is 0 Å². The summed E-state index contributed by atoms with van der Waals surface area (Å²) in [6.45, 7) is 5.51. The fraction of sp³-hybridized carbons (Fsp3) is 1.00. The van der Waals surface area contributed by atoms with Gasteiger partial charge in [-0.1, -0.05) is 6.42 Å². The standard InChI is InChI=1S/C14H26F3NO/c1-11(2)19-9-4-3-8-18-13-7-5-6-12(10-13)14(15,16)17/h11-13,18H,3-10H2,1-2H3. The van der Waals surface area contributed by atoms with Crippen LogP contribution in [-0.2, 0) is 4.74 Å². The highest BCUT2D eigenvalue weighted by molar-refractivity contribution is 4.81. The molecule has 1 rings (SSSR count). The minimum absolute atomic E-state index is 0.0337. The molecule has 0 heterocycles. The van der Waals surface area contributed by atoms with Gasteiger partial charge >= 0.3 is 6.18 Å². The van der Waals surface area contributed by atoms with Crippen molar-refractivity contribution in [2.75, 3.05) is 13.2 Å². The molecule has 19 heavy (non-hydrogen) atoms. The third-order valence-electron chi connectivity index (χ3n) is 3.59. The van der Waals surface area contributed by atoms with E-state index in [1.54, 1.807) is 0 Å². The maximum atomic E-state index is 12.6. The van der Waals surface area contributed by atoms with Gasteiger partial charge in [0.05, 0.1) is 12.0 Å². The number of rotatable bonds is 7. The van der Waals surface area contributed by atoms with Crippen LogP contribution in [0.25, 0.3) is 0 Å². The van der Waals surface area contributed by atoms with Crippen LogP contribution in [0, 0.1) is 5.92 Å². The SMILES string of the molecule is CC(C)OCCCCNC1CCCC(C(F)(F)F)C1. The second-order valence-electron chi connectivity index (χ2n) is 5.68. The van der Waals surface area contributed by atoms with Gasteiger partial charge in [-0.25, -0.2) is 0 Å². The van der Waals surface area contributed by atoms with E-state index in [1.807, 2.05) is 13.8 Å². The van der Waals surface area contributed by atoms with E-state index in [0.717, 1.165) is 32.4 Å². The fourth-order valence-corrected chi connectivity index (χ4v) is 2.52. The summed E-state index contributed by atoms with van der Waals surface area (Å²) in [6.07, 6.45) is 0.230. The van der Waals surface area contributed by atoms with Gasteiger partial charge in [-0.3, -0.25) is 0 Å². The lowest BCUT2D eigenvalue weighted by Gasteiger charge is -2.31. The lowest BCUT2D eigenvalue weighted by molar-refractivity contribution is -0.183. The second-order valence-corrected chi connectivity index (χ2v) is 5.68. The Morgan fingerprint density at radius 2 is 1.95 bits per heavy atom. The summed E-state index contributed by atoms with van der Waals surface area (Å²) < 4.78 is 43.3. The molecule has 0 bridgehead atoms. The molecule has 0 aliphatic heterocycles. The highest BCUT2D eigenvalue weighted by Crippen LogP contribution is 2.37. The Kier molecular flexibility index (Phi) is 7.15. The number of alkyl halides is 3. The molecule has 0 spiro atoms. The monoisotopic (exact) mass is 281 g/mol.